The summed E-state index contributed by atoms with van der Waals surface area (Å²) in [5.74, 6) is -1.59. The second-order valence-corrected chi connectivity index (χ2v) is 4.30. The molecule has 0 aromatic carbocycles. The van der Waals surface area contributed by atoms with Crippen molar-refractivity contribution in [2.75, 3.05) is 19.7 Å². The van der Waals surface area contributed by atoms with Crippen LogP contribution in [-0.2, 0) is 14.3 Å². The van der Waals surface area contributed by atoms with Crippen LogP contribution in [0.2, 0.25) is 0 Å². The molecule has 0 spiro atoms. The Morgan fingerprint density at radius 3 is 2.65 bits per heavy atom. The van der Waals surface area contributed by atoms with Gasteiger partial charge in [-0.15, -0.1) is 0 Å². The van der Waals surface area contributed by atoms with E-state index in [1.54, 1.807) is 6.07 Å². The van der Waals surface area contributed by atoms with Gasteiger partial charge in [0.2, 0.25) is 0 Å². The maximum atomic E-state index is 11.5. The summed E-state index contributed by atoms with van der Waals surface area (Å²) in [5, 5.41) is 22.5. The van der Waals surface area contributed by atoms with E-state index < -0.39 is 11.9 Å². The Balaban J connectivity index is 3.93. The Morgan fingerprint density at radius 1 is 1.40 bits per heavy atom. The number of hydrogen-bond acceptors (Lipinski definition) is 5. The van der Waals surface area contributed by atoms with Gasteiger partial charge in [0.15, 0.2) is 0 Å². The van der Waals surface area contributed by atoms with Crippen molar-refractivity contribution in [1.29, 1.82) is 5.26 Å². The number of ether oxygens (including phenoxy) is 1. The minimum absolute atomic E-state index is 0.00455. The van der Waals surface area contributed by atoms with Gasteiger partial charge in [-0.3, -0.25) is 9.59 Å². The summed E-state index contributed by atoms with van der Waals surface area (Å²) in [5.41, 5.74) is -0.0832. The number of carbonyl (C=O) groups excluding carboxylic acids is 1. The fourth-order valence-corrected chi connectivity index (χ4v) is 1.19. The summed E-state index contributed by atoms with van der Waals surface area (Å²) in [6, 6.07) is 1.76. The van der Waals surface area contributed by atoms with Crippen molar-refractivity contribution in [3.63, 3.8) is 0 Å². The van der Waals surface area contributed by atoms with Crippen LogP contribution >= 0.6 is 0 Å². The van der Waals surface area contributed by atoms with Crippen molar-refractivity contribution < 1.29 is 19.4 Å². The Hall–Kier alpha value is -2.07. The van der Waals surface area contributed by atoms with E-state index in [4.69, 9.17) is 15.1 Å². The van der Waals surface area contributed by atoms with Gasteiger partial charge in [-0.1, -0.05) is 0 Å². The van der Waals surface area contributed by atoms with E-state index in [-0.39, 0.29) is 24.6 Å². The lowest BCUT2D eigenvalue weighted by Crippen LogP contribution is -2.28. The lowest BCUT2D eigenvalue weighted by atomic mass is 10.3. The summed E-state index contributed by atoms with van der Waals surface area (Å²) in [6.45, 7) is 5.08. The molecule has 112 valence electrons. The molecule has 0 atom stereocenters. The predicted octanol–water partition coefficient (Wildman–Crippen LogP) is 0.389. The second-order valence-electron chi connectivity index (χ2n) is 4.30. The van der Waals surface area contributed by atoms with E-state index in [1.165, 1.54) is 6.20 Å². The first-order chi connectivity index (χ1) is 9.47. The van der Waals surface area contributed by atoms with Gasteiger partial charge in [-0.2, -0.15) is 5.26 Å². The molecule has 1 amide bonds. The maximum absolute atomic E-state index is 11.5. The number of carbonyl (C=O) groups is 2. The van der Waals surface area contributed by atoms with Crippen LogP contribution in [-0.4, -0.2) is 42.8 Å². The van der Waals surface area contributed by atoms with Crippen LogP contribution in [0.15, 0.2) is 11.8 Å². The zero-order chi connectivity index (χ0) is 15.4. The standard InChI is InChI=1S/C13H21N3O4/c1-10(2)20-7-3-5-15-9-11(8-14)13(19)16-6-4-12(17)18/h9-10,15H,3-7H2,1-2H3,(H,16,19)(H,17,18)/b11-9-. The lowest BCUT2D eigenvalue weighted by Gasteiger charge is -2.07. The summed E-state index contributed by atoms with van der Waals surface area (Å²) in [7, 11) is 0. The number of nitrogens with one attached hydrogen (secondary N) is 2. The van der Waals surface area contributed by atoms with Crippen molar-refractivity contribution in [3.05, 3.63) is 11.8 Å². The van der Waals surface area contributed by atoms with Gasteiger partial charge in [0.25, 0.3) is 5.91 Å². The molecule has 0 aliphatic heterocycles. The molecule has 0 aliphatic carbocycles. The Labute approximate surface area is 118 Å². The third-order valence-corrected chi connectivity index (χ3v) is 2.15. The molecule has 3 N–H and O–H groups in total. The number of amides is 1. The number of carboxylic acid groups (broad SMARTS) is 1. The van der Waals surface area contributed by atoms with Gasteiger partial charge in [0.05, 0.1) is 12.5 Å². The van der Waals surface area contributed by atoms with Gasteiger partial charge in [0.1, 0.15) is 11.6 Å². The molecule has 0 rings (SSSR count). The van der Waals surface area contributed by atoms with E-state index in [2.05, 4.69) is 10.6 Å². The minimum atomic E-state index is -1.00. The van der Waals surface area contributed by atoms with E-state index in [1.807, 2.05) is 13.8 Å². The largest absolute Gasteiger partial charge is 0.481 e. The van der Waals surface area contributed by atoms with Gasteiger partial charge in [-0.25, -0.2) is 0 Å². The third-order valence-electron chi connectivity index (χ3n) is 2.15. The highest BCUT2D eigenvalue weighted by molar-refractivity contribution is 5.97. The van der Waals surface area contributed by atoms with E-state index in [0.29, 0.717) is 13.2 Å². The van der Waals surface area contributed by atoms with E-state index in [0.717, 1.165) is 6.42 Å². The first kappa shape index (κ1) is 17.9. The average Bonchev–Trinajstić information content (AvgIpc) is 2.37. The zero-order valence-corrected chi connectivity index (χ0v) is 11.8. The van der Waals surface area contributed by atoms with Crippen molar-refractivity contribution in [3.8, 4) is 6.07 Å². The molecule has 0 fully saturated rings. The second kappa shape index (κ2) is 10.8. The highest BCUT2D eigenvalue weighted by atomic mass is 16.5. The van der Waals surface area contributed by atoms with Gasteiger partial charge < -0.3 is 20.5 Å². The number of rotatable bonds is 10. The number of carboxylic acids is 1. The molecule has 0 heterocycles. The normalized spacial score (nSPS) is 11.0. The molecule has 0 aromatic heterocycles. The number of nitrogens with zero attached hydrogens (tertiary/aromatic N) is 1. The molecule has 0 saturated carbocycles. The van der Waals surface area contributed by atoms with Crippen LogP contribution in [0.3, 0.4) is 0 Å². The highest BCUT2D eigenvalue weighted by Gasteiger charge is 2.08. The van der Waals surface area contributed by atoms with Crippen LogP contribution in [0.5, 0.6) is 0 Å². The van der Waals surface area contributed by atoms with Crippen molar-refractivity contribution >= 4 is 11.9 Å². The first-order valence-corrected chi connectivity index (χ1v) is 6.42. The van der Waals surface area contributed by atoms with Gasteiger partial charge in [-0.05, 0) is 20.3 Å². The SMILES string of the molecule is CC(C)OCCCN/C=C(/C#N)C(=O)NCCC(=O)O. The fraction of sp³-hybridized carbons (Fsp3) is 0.615. The molecule has 0 bridgehead atoms. The molecule has 0 saturated heterocycles. The van der Waals surface area contributed by atoms with Crippen LogP contribution < -0.4 is 10.6 Å². The predicted molar refractivity (Wildman–Crippen MR) is 72.7 cm³/mol. The van der Waals surface area contributed by atoms with Crippen LogP contribution in [0, 0.1) is 11.3 Å². The smallest absolute Gasteiger partial charge is 0.305 e. The molecular weight excluding hydrogens is 262 g/mol. The lowest BCUT2D eigenvalue weighted by molar-refractivity contribution is -0.136. The third kappa shape index (κ3) is 9.91. The van der Waals surface area contributed by atoms with Crippen molar-refractivity contribution in [2.45, 2.75) is 32.8 Å². The summed E-state index contributed by atoms with van der Waals surface area (Å²) in [4.78, 5) is 21.8. The first-order valence-electron chi connectivity index (χ1n) is 6.42. The monoisotopic (exact) mass is 283 g/mol. The molecular formula is C13H21N3O4. The van der Waals surface area contributed by atoms with E-state index in [9.17, 15) is 9.59 Å². The Morgan fingerprint density at radius 2 is 2.10 bits per heavy atom. The molecule has 7 nitrogen and oxygen atoms in total. The van der Waals surface area contributed by atoms with E-state index >= 15 is 0 Å². The Bertz CT molecular complexity index is 386. The topological polar surface area (TPSA) is 111 Å². The molecule has 7 heteroatoms. The van der Waals surface area contributed by atoms with Crippen molar-refractivity contribution in [1.82, 2.24) is 10.6 Å². The molecule has 0 unspecified atom stereocenters. The highest BCUT2D eigenvalue weighted by Crippen LogP contribution is 1.92. The molecule has 0 aromatic rings. The molecule has 0 radical (unpaired) electrons. The average molecular weight is 283 g/mol. The van der Waals surface area contributed by atoms with Crippen LogP contribution in [0.1, 0.15) is 26.7 Å². The van der Waals surface area contributed by atoms with Crippen molar-refractivity contribution in [2.24, 2.45) is 0 Å². The van der Waals surface area contributed by atoms with Crippen LogP contribution in [0.25, 0.3) is 0 Å². The number of aliphatic carboxylic acids is 1. The summed E-state index contributed by atoms with van der Waals surface area (Å²) in [6.07, 6.45) is 2.09. The maximum Gasteiger partial charge on any atom is 0.305 e. The number of hydrogen-bond donors (Lipinski definition) is 3. The molecule has 20 heavy (non-hydrogen) atoms. The van der Waals surface area contributed by atoms with Gasteiger partial charge >= 0.3 is 5.97 Å². The summed E-state index contributed by atoms with van der Waals surface area (Å²) >= 11 is 0. The molecule has 0 aliphatic rings. The quantitative estimate of drug-likeness (QED) is 0.304. The Kier molecular flexibility index (Phi) is 9.70. The minimum Gasteiger partial charge on any atom is -0.481 e. The summed E-state index contributed by atoms with van der Waals surface area (Å²) < 4.78 is 5.34. The van der Waals surface area contributed by atoms with Crippen LogP contribution in [0.4, 0.5) is 0 Å². The van der Waals surface area contributed by atoms with Gasteiger partial charge in [0, 0.05) is 25.9 Å². The zero-order valence-electron chi connectivity index (χ0n) is 11.8. The fourth-order valence-electron chi connectivity index (χ4n) is 1.19. The number of nitriles is 1.